The molecule has 0 aliphatic heterocycles. The Balaban J connectivity index is 1.67. The van der Waals surface area contributed by atoms with Gasteiger partial charge in [0, 0.05) is 23.9 Å². The average molecular weight is 301 g/mol. The van der Waals surface area contributed by atoms with Crippen LogP contribution in [0.3, 0.4) is 0 Å². The fourth-order valence-corrected chi connectivity index (χ4v) is 3.47. The number of nitrogens with two attached hydrogens (primary N) is 1. The molecule has 1 fully saturated rings. The van der Waals surface area contributed by atoms with E-state index in [4.69, 9.17) is 5.73 Å². The fraction of sp³-hybridized carbons (Fsp3) is 0.375. The molecule has 1 aliphatic rings. The molecule has 3 N–H and O–H groups in total. The van der Waals surface area contributed by atoms with Crippen LogP contribution in [0.4, 0.5) is 0 Å². The minimum absolute atomic E-state index is 0.101. The number of hydrogen-bond donors (Lipinski definition) is 2. The Kier molecular flexibility index (Phi) is 4.03. The van der Waals surface area contributed by atoms with E-state index >= 15 is 0 Å². The van der Waals surface area contributed by atoms with Crippen LogP contribution < -0.4 is 11.1 Å². The predicted octanol–water partition coefficient (Wildman–Crippen LogP) is 2.45. The lowest BCUT2D eigenvalue weighted by atomic mass is 9.64. The Bertz CT molecular complexity index is 619. The van der Waals surface area contributed by atoms with Crippen LogP contribution in [0, 0.1) is 0 Å². The van der Waals surface area contributed by atoms with Gasteiger partial charge in [0.25, 0.3) is 5.91 Å². The summed E-state index contributed by atoms with van der Waals surface area (Å²) in [5, 5.41) is 5.61. The summed E-state index contributed by atoms with van der Waals surface area (Å²) in [5.41, 5.74) is 7.42. The second-order valence-corrected chi connectivity index (χ2v) is 6.46. The highest BCUT2D eigenvalue weighted by Crippen LogP contribution is 2.43. The van der Waals surface area contributed by atoms with E-state index in [0.29, 0.717) is 18.8 Å². The standard InChI is InChI=1S/C16H19N3OS/c17-9-14-19-13(10-21-14)15(20)18-11-16(7-4-8-16)12-5-2-1-3-6-12/h1-3,5-6,10H,4,7-9,11,17H2,(H,18,20). The number of nitrogens with one attached hydrogen (secondary N) is 1. The molecule has 0 radical (unpaired) electrons. The van der Waals surface area contributed by atoms with Crippen molar-refractivity contribution in [1.29, 1.82) is 0 Å². The van der Waals surface area contributed by atoms with Gasteiger partial charge in [0.2, 0.25) is 0 Å². The molecule has 2 aromatic rings. The molecule has 110 valence electrons. The summed E-state index contributed by atoms with van der Waals surface area (Å²) >= 11 is 1.43. The van der Waals surface area contributed by atoms with Crippen molar-refractivity contribution in [3.63, 3.8) is 0 Å². The largest absolute Gasteiger partial charge is 0.350 e. The van der Waals surface area contributed by atoms with Crippen molar-refractivity contribution < 1.29 is 4.79 Å². The van der Waals surface area contributed by atoms with Gasteiger partial charge in [-0.1, -0.05) is 36.8 Å². The lowest BCUT2D eigenvalue weighted by Gasteiger charge is -2.42. The van der Waals surface area contributed by atoms with Gasteiger partial charge in [0.15, 0.2) is 0 Å². The van der Waals surface area contributed by atoms with E-state index in [0.717, 1.165) is 17.8 Å². The quantitative estimate of drug-likeness (QED) is 0.891. The van der Waals surface area contributed by atoms with Crippen molar-refractivity contribution in [3.8, 4) is 0 Å². The summed E-state index contributed by atoms with van der Waals surface area (Å²) < 4.78 is 0. The topological polar surface area (TPSA) is 68.0 Å². The third-order valence-corrected chi connectivity index (χ3v) is 5.11. The second kappa shape index (κ2) is 5.95. The van der Waals surface area contributed by atoms with Crippen molar-refractivity contribution in [2.45, 2.75) is 31.2 Å². The molecule has 1 heterocycles. The number of carbonyl (C=O) groups is 1. The highest BCUT2D eigenvalue weighted by Gasteiger charge is 2.38. The average Bonchev–Trinajstić information content (AvgIpc) is 2.96. The zero-order valence-corrected chi connectivity index (χ0v) is 12.7. The minimum Gasteiger partial charge on any atom is -0.350 e. The summed E-state index contributed by atoms with van der Waals surface area (Å²) in [7, 11) is 0. The normalized spacial score (nSPS) is 16.2. The van der Waals surface area contributed by atoms with Crippen LogP contribution in [0.1, 0.15) is 40.3 Å². The van der Waals surface area contributed by atoms with E-state index in [9.17, 15) is 4.79 Å². The molecule has 1 aromatic carbocycles. The van der Waals surface area contributed by atoms with Crippen molar-refractivity contribution in [2.24, 2.45) is 5.73 Å². The molecule has 0 saturated heterocycles. The van der Waals surface area contributed by atoms with Crippen molar-refractivity contribution in [2.75, 3.05) is 6.54 Å². The van der Waals surface area contributed by atoms with Gasteiger partial charge < -0.3 is 11.1 Å². The summed E-state index contributed by atoms with van der Waals surface area (Å²) in [5.74, 6) is -0.104. The number of hydrogen-bond acceptors (Lipinski definition) is 4. The number of amides is 1. The van der Waals surface area contributed by atoms with Crippen molar-refractivity contribution in [1.82, 2.24) is 10.3 Å². The zero-order valence-electron chi connectivity index (χ0n) is 11.8. The zero-order chi connectivity index (χ0) is 14.7. The molecule has 1 saturated carbocycles. The molecule has 1 aromatic heterocycles. The van der Waals surface area contributed by atoms with Crippen LogP contribution in [-0.2, 0) is 12.0 Å². The number of benzene rings is 1. The maximum Gasteiger partial charge on any atom is 0.270 e. The highest BCUT2D eigenvalue weighted by atomic mass is 32.1. The smallest absolute Gasteiger partial charge is 0.270 e. The Morgan fingerprint density at radius 3 is 2.67 bits per heavy atom. The monoisotopic (exact) mass is 301 g/mol. The van der Waals surface area contributed by atoms with Gasteiger partial charge in [0.05, 0.1) is 0 Å². The van der Waals surface area contributed by atoms with E-state index < -0.39 is 0 Å². The SMILES string of the molecule is NCc1nc(C(=O)NCC2(c3ccccc3)CCC2)cs1. The Morgan fingerprint density at radius 2 is 2.10 bits per heavy atom. The molecule has 1 amide bonds. The van der Waals surface area contributed by atoms with Gasteiger partial charge in [-0.15, -0.1) is 11.3 Å². The van der Waals surface area contributed by atoms with Gasteiger partial charge >= 0.3 is 0 Å². The Morgan fingerprint density at radius 1 is 1.33 bits per heavy atom. The molecule has 0 bridgehead atoms. The summed E-state index contributed by atoms with van der Waals surface area (Å²) in [6.07, 6.45) is 3.48. The third-order valence-electron chi connectivity index (χ3n) is 4.24. The van der Waals surface area contributed by atoms with Crippen molar-refractivity contribution in [3.05, 3.63) is 52.0 Å². The molecule has 0 atom stereocenters. The Hall–Kier alpha value is -1.72. The Labute approximate surface area is 128 Å². The van der Waals surface area contributed by atoms with Crippen LogP contribution in [0.5, 0.6) is 0 Å². The highest BCUT2D eigenvalue weighted by molar-refractivity contribution is 7.09. The molecule has 0 spiro atoms. The predicted molar refractivity (Wildman–Crippen MR) is 84.3 cm³/mol. The summed E-state index contributed by atoms with van der Waals surface area (Å²) in [6.45, 7) is 1.05. The first kappa shape index (κ1) is 14.2. The molecule has 21 heavy (non-hydrogen) atoms. The molecule has 0 unspecified atom stereocenters. The number of rotatable bonds is 5. The van der Waals surface area contributed by atoms with Crippen molar-refractivity contribution >= 4 is 17.2 Å². The second-order valence-electron chi connectivity index (χ2n) is 5.51. The van der Waals surface area contributed by atoms with E-state index in [2.05, 4.69) is 34.6 Å². The maximum absolute atomic E-state index is 12.2. The molecule has 1 aliphatic carbocycles. The van der Waals surface area contributed by atoms with E-state index in [1.54, 1.807) is 5.38 Å². The summed E-state index contributed by atoms with van der Waals surface area (Å²) in [4.78, 5) is 16.4. The fourth-order valence-electron chi connectivity index (χ4n) is 2.81. The lowest BCUT2D eigenvalue weighted by molar-refractivity contribution is 0.0923. The van der Waals surface area contributed by atoms with Crippen LogP contribution in [0.25, 0.3) is 0 Å². The first-order valence-corrected chi connectivity index (χ1v) is 8.10. The first-order valence-electron chi connectivity index (χ1n) is 7.22. The minimum atomic E-state index is -0.104. The third kappa shape index (κ3) is 2.84. The van der Waals surface area contributed by atoms with Gasteiger partial charge in [-0.05, 0) is 18.4 Å². The molecule has 4 nitrogen and oxygen atoms in total. The number of nitrogens with zero attached hydrogens (tertiary/aromatic N) is 1. The van der Waals surface area contributed by atoms with Gasteiger partial charge in [0.1, 0.15) is 10.7 Å². The summed E-state index contributed by atoms with van der Waals surface area (Å²) in [6, 6.07) is 10.5. The molecule has 5 heteroatoms. The van der Waals surface area contributed by atoms with Crippen LogP contribution in [0.2, 0.25) is 0 Å². The molecule has 3 rings (SSSR count). The van der Waals surface area contributed by atoms with Gasteiger partial charge in [-0.3, -0.25) is 4.79 Å². The van der Waals surface area contributed by atoms with E-state index in [-0.39, 0.29) is 11.3 Å². The molecular formula is C16H19N3OS. The van der Waals surface area contributed by atoms with E-state index in [1.807, 2.05) is 6.07 Å². The maximum atomic E-state index is 12.2. The van der Waals surface area contributed by atoms with Gasteiger partial charge in [-0.2, -0.15) is 0 Å². The van der Waals surface area contributed by atoms with Crippen LogP contribution in [-0.4, -0.2) is 17.4 Å². The molecular weight excluding hydrogens is 282 g/mol. The first-order chi connectivity index (χ1) is 10.2. The number of aromatic nitrogens is 1. The lowest BCUT2D eigenvalue weighted by Crippen LogP contribution is -2.45. The number of thiazole rings is 1. The van der Waals surface area contributed by atoms with Crippen LogP contribution >= 0.6 is 11.3 Å². The van der Waals surface area contributed by atoms with Gasteiger partial charge in [-0.25, -0.2) is 4.98 Å². The van der Waals surface area contributed by atoms with E-state index in [1.165, 1.54) is 23.3 Å². The van der Waals surface area contributed by atoms with Crippen LogP contribution in [0.15, 0.2) is 35.7 Å². The number of carbonyl (C=O) groups excluding carboxylic acids is 1.